The molecule has 166 valence electrons. The molecule has 0 aromatic heterocycles. The van der Waals surface area contributed by atoms with Crippen molar-refractivity contribution in [2.24, 2.45) is 0 Å². The fourth-order valence-electron chi connectivity index (χ4n) is 3.74. The van der Waals surface area contributed by atoms with Crippen LogP contribution in [-0.4, -0.2) is 31.7 Å². The van der Waals surface area contributed by atoms with E-state index < -0.39 is 10.0 Å². The van der Waals surface area contributed by atoms with Crippen LogP contribution in [0.5, 0.6) is 0 Å². The molecule has 0 unspecified atom stereocenters. The van der Waals surface area contributed by atoms with E-state index in [2.05, 4.69) is 15.9 Å². The summed E-state index contributed by atoms with van der Waals surface area (Å²) in [6.07, 6.45) is 0.739. The smallest absolute Gasteiger partial charge is 0.243 e. The first-order valence-corrected chi connectivity index (χ1v) is 12.8. The third-order valence-corrected chi connectivity index (χ3v) is 8.03. The van der Waals surface area contributed by atoms with Crippen LogP contribution in [0.25, 0.3) is 0 Å². The van der Waals surface area contributed by atoms with Crippen LogP contribution in [0.4, 0.5) is 5.69 Å². The monoisotopic (exact) mass is 532 g/mol. The van der Waals surface area contributed by atoms with E-state index in [-0.39, 0.29) is 23.9 Å². The Labute approximate surface area is 201 Å². The fourth-order valence-corrected chi connectivity index (χ4v) is 5.66. The Bertz CT molecular complexity index is 1250. The van der Waals surface area contributed by atoms with Crippen LogP contribution in [0.15, 0.2) is 76.1 Å². The van der Waals surface area contributed by atoms with E-state index in [9.17, 15) is 13.2 Å². The van der Waals surface area contributed by atoms with Gasteiger partial charge < -0.3 is 4.90 Å². The van der Waals surface area contributed by atoms with Gasteiger partial charge in [0.15, 0.2) is 0 Å². The molecule has 0 bridgehead atoms. The summed E-state index contributed by atoms with van der Waals surface area (Å²) in [6, 6.07) is 19.4. The quantitative estimate of drug-likeness (QED) is 0.438. The normalized spacial score (nSPS) is 13.4. The standard InChI is InChI=1S/C24H22BrClN2O3S/c1-17-2-4-18(5-3-17)15-27(32(30,31)22-9-7-21(26)8-10-22)16-24(29)28-13-12-19-14-20(25)6-11-23(19)28/h2-11,14H,12-13,15-16H2,1H3. The Morgan fingerprint density at radius 1 is 1.06 bits per heavy atom. The van der Waals surface area contributed by atoms with Crippen LogP contribution in [0.2, 0.25) is 5.02 Å². The van der Waals surface area contributed by atoms with Gasteiger partial charge in [-0.25, -0.2) is 8.42 Å². The van der Waals surface area contributed by atoms with Gasteiger partial charge in [0, 0.05) is 28.3 Å². The minimum Gasteiger partial charge on any atom is -0.311 e. The Kier molecular flexibility index (Phi) is 6.72. The molecule has 0 aliphatic carbocycles. The number of fused-ring (bicyclic) bond motifs is 1. The average Bonchev–Trinajstić information content (AvgIpc) is 3.18. The van der Waals surface area contributed by atoms with E-state index in [0.717, 1.165) is 33.3 Å². The number of rotatable bonds is 6. The Balaban J connectivity index is 1.64. The molecule has 4 rings (SSSR count). The maximum absolute atomic E-state index is 13.5. The van der Waals surface area contributed by atoms with Gasteiger partial charge in [-0.1, -0.05) is 57.4 Å². The van der Waals surface area contributed by atoms with Gasteiger partial charge in [-0.3, -0.25) is 4.79 Å². The van der Waals surface area contributed by atoms with Gasteiger partial charge >= 0.3 is 0 Å². The lowest BCUT2D eigenvalue weighted by Crippen LogP contribution is -2.42. The first kappa shape index (κ1) is 23.0. The molecule has 8 heteroatoms. The summed E-state index contributed by atoms with van der Waals surface area (Å²) in [5.74, 6) is -0.254. The van der Waals surface area contributed by atoms with E-state index in [0.29, 0.717) is 11.6 Å². The number of anilines is 1. The van der Waals surface area contributed by atoms with Crippen molar-refractivity contribution in [3.05, 3.63) is 92.9 Å². The molecule has 1 amide bonds. The minimum absolute atomic E-state index is 0.0953. The van der Waals surface area contributed by atoms with Gasteiger partial charge in [-0.15, -0.1) is 0 Å². The summed E-state index contributed by atoms with van der Waals surface area (Å²) in [5, 5.41) is 0.449. The van der Waals surface area contributed by atoms with Crippen molar-refractivity contribution < 1.29 is 13.2 Å². The number of hydrogen-bond donors (Lipinski definition) is 0. The van der Waals surface area contributed by atoms with Crippen molar-refractivity contribution >= 4 is 49.1 Å². The highest BCUT2D eigenvalue weighted by Crippen LogP contribution is 2.31. The molecule has 1 aliphatic heterocycles. The van der Waals surface area contributed by atoms with Gasteiger partial charge in [0.05, 0.1) is 11.4 Å². The number of nitrogens with zero attached hydrogens (tertiary/aromatic N) is 2. The van der Waals surface area contributed by atoms with E-state index >= 15 is 0 Å². The molecule has 0 spiro atoms. The van der Waals surface area contributed by atoms with Crippen LogP contribution in [0, 0.1) is 6.92 Å². The second-order valence-corrected chi connectivity index (χ2v) is 11.1. The summed E-state index contributed by atoms with van der Waals surface area (Å²) in [5.41, 5.74) is 3.79. The molecule has 3 aromatic rings. The molecule has 0 saturated carbocycles. The third-order valence-electron chi connectivity index (χ3n) is 5.48. The zero-order valence-corrected chi connectivity index (χ0v) is 20.6. The maximum Gasteiger partial charge on any atom is 0.243 e. The summed E-state index contributed by atoms with van der Waals surface area (Å²) in [7, 11) is -3.92. The molecule has 0 radical (unpaired) electrons. The number of amides is 1. The number of halogens is 2. The summed E-state index contributed by atoms with van der Waals surface area (Å²) >= 11 is 9.40. The highest BCUT2D eigenvalue weighted by molar-refractivity contribution is 9.10. The van der Waals surface area contributed by atoms with Gasteiger partial charge in [0.2, 0.25) is 15.9 Å². The van der Waals surface area contributed by atoms with Gasteiger partial charge in [-0.2, -0.15) is 4.31 Å². The molecule has 0 saturated heterocycles. The Morgan fingerprint density at radius 3 is 2.44 bits per heavy atom. The van der Waals surface area contributed by atoms with Crippen LogP contribution < -0.4 is 4.90 Å². The van der Waals surface area contributed by atoms with E-state index in [4.69, 9.17) is 11.6 Å². The fraction of sp³-hybridized carbons (Fsp3) is 0.208. The second-order valence-electron chi connectivity index (χ2n) is 7.78. The van der Waals surface area contributed by atoms with Crippen LogP contribution in [0.3, 0.4) is 0 Å². The molecular weight excluding hydrogens is 512 g/mol. The maximum atomic E-state index is 13.5. The van der Waals surface area contributed by atoms with Gasteiger partial charge in [0.1, 0.15) is 0 Å². The molecule has 0 N–H and O–H groups in total. The largest absolute Gasteiger partial charge is 0.311 e. The first-order chi connectivity index (χ1) is 15.2. The minimum atomic E-state index is -3.92. The van der Waals surface area contributed by atoms with Crippen molar-refractivity contribution in [3.8, 4) is 0 Å². The van der Waals surface area contributed by atoms with E-state index in [1.165, 1.54) is 28.6 Å². The molecule has 0 fully saturated rings. The van der Waals surface area contributed by atoms with Crippen molar-refractivity contribution in [3.63, 3.8) is 0 Å². The number of hydrogen-bond acceptors (Lipinski definition) is 3. The topological polar surface area (TPSA) is 57.7 Å². The number of carbonyl (C=O) groups is 1. The SMILES string of the molecule is Cc1ccc(CN(CC(=O)N2CCc3cc(Br)ccc32)S(=O)(=O)c2ccc(Cl)cc2)cc1. The van der Waals surface area contributed by atoms with Crippen LogP contribution in [0.1, 0.15) is 16.7 Å². The summed E-state index contributed by atoms with van der Waals surface area (Å²) < 4.78 is 29.1. The molecular formula is C24H22BrClN2O3S. The Morgan fingerprint density at radius 2 is 1.75 bits per heavy atom. The number of aryl methyl sites for hydroxylation is 1. The third kappa shape index (κ3) is 4.91. The number of carbonyl (C=O) groups excluding carboxylic acids is 1. The summed E-state index contributed by atoms with van der Waals surface area (Å²) in [4.78, 5) is 15.0. The van der Waals surface area contributed by atoms with E-state index in [1.54, 1.807) is 4.90 Å². The summed E-state index contributed by atoms with van der Waals surface area (Å²) in [6.45, 7) is 2.34. The lowest BCUT2D eigenvalue weighted by molar-refractivity contribution is -0.118. The molecule has 5 nitrogen and oxygen atoms in total. The van der Waals surface area contributed by atoms with Crippen molar-refractivity contribution in [2.45, 2.75) is 24.8 Å². The molecule has 1 aliphatic rings. The number of sulfonamides is 1. The second kappa shape index (κ2) is 9.35. The zero-order valence-electron chi connectivity index (χ0n) is 17.5. The molecule has 1 heterocycles. The predicted molar refractivity (Wildman–Crippen MR) is 130 cm³/mol. The van der Waals surface area contributed by atoms with Crippen molar-refractivity contribution in [1.29, 1.82) is 0 Å². The molecule has 32 heavy (non-hydrogen) atoms. The lowest BCUT2D eigenvalue weighted by atomic mass is 10.1. The molecule has 3 aromatic carbocycles. The van der Waals surface area contributed by atoms with Gasteiger partial charge in [-0.05, 0) is 66.9 Å². The van der Waals surface area contributed by atoms with Crippen LogP contribution in [-0.2, 0) is 27.8 Å². The lowest BCUT2D eigenvalue weighted by Gasteiger charge is -2.25. The van der Waals surface area contributed by atoms with Gasteiger partial charge in [0.25, 0.3) is 0 Å². The van der Waals surface area contributed by atoms with Crippen LogP contribution >= 0.6 is 27.5 Å². The predicted octanol–water partition coefficient (Wildman–Crippen LogP) is 5.19. The molecule has 0 atom stereocenters. The average molecular weight is 534 g/mol. The Hall–Kier alpha value is -2.19. The highest BCUT2D eigenvalue weighted by atomic mass is 79.9. The first-order valence-electron chi connectivity index (χ1n) is 10.1. The zero-order chi connectivity index (χ0) is 22.9. The van der Waals surface area contributed by atoms with E-state index in [1.807, 2.05) is 49.4 Å². The highest BCUT2D eigenvalue weighted by Gasteiger charge is 2.31. The number of benzene rings is 3. The van der Waals surface area contributed by atoms with Crippen molar-refractivity contribution in [2.75, 3.05) is 18.0 Å². The van der Waals surface area contributed by atoms with Crippen molar-refractivity contribution in [1.82, 2.24) is 4.31 Å².